The largest absolute Gasteiger partial charge is 0.396 e. The van der Waals surface area contributed by atoms with Crippen LogP contribution in [0.15, 0.2) is 18.3 Å². The summed E-state index contributed by atoms with van der Waals surface area (Å²) >= 11 is 0. The van der Waals surface area contributed by atoms with Crippen LogP contribution in [0, 0.1) is 10.1 Å². The quantitative estimate of drug-likeness (QED) is 0.413. The molecular formula is C8H11N3O3. The summed E-state index contributed by atoms with van der Waals surface area (Å²) in [5.41, 5.74) is -0.0505. The van der Waals surface area contributed by atoms with Crippen molar-refractivity contribution in [1.29, 1.82) is 0 Å². The van der Waals surface area contributed by atoms with Gasteiger partial charge in [-0.1, -0.05) is 0 Å². The smallest absolute Gasteiger partial charge is 0.311 e. The maximum atomic E-state index is 10.5. The third-order valence-electron chi connectivity index (χ3n) is 1.61. The van der Waals surface area contributed by atoms with Gasteiger partial charge in [0.15, 0.2) is 0 Å². The molecule has 0 aliphatic carbocycles. The minimum atomic E-state index is -0.492. The van der Waals surface area contributed by atoms with E-state index in [0.29, 0.717) is 13.0 Å². The van der Waals surface area contributed by atoms with Gasteiger partial charge in [-0.15, -0.1) is 0 Å². The molecule has 76 valence electrons. The molecular weight excluding hydrogens is 186 g/mol. The first kappa shape index (κ1) is 10.4. The van der Waals surface area contributed by atoms with E-state index in [1.807, 2.05) is 0 Å². The molecule has 1 aromatic rings. The number of aromatic nitrogens is 1. The van der Waals surface area contributed by atoms with E-state index in [1.54, 1.807) is 0 Å². The first-order valence-electron chi connectivity index (χ1n) is 4.20. The molecule has 0 atom stereocenters. The zero-order chi connectivity index (χ0) is 10.4. The molecule has 0 aromatic carbocycles. The van der Waals surface area contributed by atoms with Crippen molar-refractivity contribution >= 4 is 11.5 Å². The Kier molecular flexibility index (Phi) is 3.81. The normalized spacial score (nSPS) is 9.79. The molecule has 1 aromatic heterocycles. The summed E-state index contributed by atoms with van der Waals surface area (Å²) in [5, 5.41) is 21.8. The van der Waals surface area contributed by atoms with E-state index in [9.17, 15) is 10.1 Å². The van der Waals surface area contributed by atoms with Crippen molar-refractivity contribution in [3.05, 3.63) is 28.4 Å². The van der Waals surface area contributed by atoms with Gasteiger partial charge in [0.05, 0.1) is 4.92 Å². The molecule has 2 N–H and O–H groups in total. The monoisotopic (exact) mass is 197 g/mol. The van der Waals surface area contributed by atoms with Crippen LogP contribution in [0.2, 0.25) is 0 Å². The molecule has 6 nitrogen and oxygen atoms in total. The van der Waals surface area contributed by atoms with Gasteiger partial charge >= 0.3 is 5.69 Å². The number of aliphatic hydroxyl groups is 1. The standard InChI is InChI=1S/C8H11N3O3/c12-6-2-5-10-8-7(11(13)14)3-1-4-9-8/h1,3-4,12H,2,5-6H2,(H,9,10). The van der Waals surface area contributed by atoms with Gasteiger partial charge in [0.1, 0.15) is 0 Å². The summed E-state index contributed by atoms with van der Waals surface area (Å²) < 4.78 is 0. The zero-order valence-corrected chi connectivity index (χ0v) is 7.51. The second-order valence-electron chi connectivity index (χ2n) is 2.63. The predicted molar refractivity (Wildman–Crippen MR) is 51.1 cm³/mol. The Labute approximate surface area is 80.7 Å². The van der Waals surface area contributed by atoms with Crippen LogP contribution in [0.5, 0.6) is 0 Å². The van der Waals surface area contributed by atoms with E-state index in [0.717, 1.165) is 0 Å². The molecule has 0 amide bonds. The summed E-state index contributed by atoms with van der Waals surface area (Å²) in [5.74, 6) is 0.242. The Balaban J connectivity index is 2.69. The highest BCUT2D eigenvalue weighted by Crippen LogP contribution is 2.19. The van der Waals surface area contributed by atoms with E-state index in [4.69, 9.17) is 5.11 Å². The van der Waals surface area contributed by atoms with Crippen molar-refractivity contribution < 1.29 is 10.0 Å². The average Bonchev–Trinajstić information content (AvgIpc) is 2.19. The highest BCUT2D eigenvalue weighted by Gasteiger charge is 2.12. The average molecular weight is 197 g/mol. The molecule has 6 heteroatoms. The zero-order valence-electron chi connectivity index (χ0n) is 7.51. The Morgan fingerprint density at radius 1 is 1.64 bits per heavy atom. The van der Waals surface area contributed by atoms with E-state index in [2.05, 4.69) is 10.3 Å². The number of anilines is 1. The summed E-state index contributed by atoms with van der Waals surface area (Å²) in [6.45, 7) is 0.516. The molecule has 0 unspecified atom stereocenters. The van der Waals surface area contributed by atoms with Crippen LogP contribution < -0.4 is 5.32 Å². The van der Waals surface area contributed by atoms with E-state index in [-0.39, 0.29) is 18.1 Å². The number of aliphatic hydroxyl groups excluding tert-OH is 1. The summed E-state index contributed by atoms with van der Waals surface area (Å²) in [6, 6.07) is 2.89. The van der Waals surface area contributed by atoms with Crippen molar-refractivity contribution in [2.24, 2.45) is 0 Å². The molecule has 0 bridgehead atoms. The Morgan fingerprint density at radius 2 is 2.43 bits per heavy atom. The molecule has 1 rings (SSSR count). The lowest BCUT2D eigenvalue weighted by Gasteiger charge is -2.03. The van der Waals surface area contributed by atoms with Crippen molar-refractivity contribution in [3.8, 4) is 0 Å². The summed E-state index contributed by atoms with van der Waals surface area (Å²) in [4.78, 5) is 13.9. The van der Waals surface area contributed by atoms with Crippen molar-refractivity contribution in [3.63, 3.8) is 0 Å². The summed E-state index contributed by atoms with van der Waals surface area (Å²) in [7, 11) is 0. The maximum Gasteiger partial charge on any atom is 0.311 e. The van der Waals surface area contributed by atoms with E-state index >= 15 is 0 Å². The van der Waals surface area contributed by atoms with Crippen LogP contribution >= 0.6 is 0 Å². The third-order valence-corrected chi connectivity index (χ3v) is 1.61. The predicted octanol–water partition coefficient (Wildman–Crippen LogP) is 0.784. The lowest BCUT2D eigenvalue weighted by molar-refractivity contribution is -0.384. The number of hydrogen-bond donors (Lipinski definition) is 2. The first-order chi connectivity index (χ1) is 6.75. The van der Waals surface area contributed by atoms with Gasteiger partial charge < -0.3 is 10.4 Å². The van der Waals surface area contributed by atoms with Gasteiger partial charge in [-0.2, -0.15) is 0 Å². The van der Waals surface area contributed by atoms with Gasteiger partial charge in [0.25, 0.3) is 0 Å². The van der Waals surface area contributed by atoms with Gasteiger partial charge in [0.2, 0.25) is 5.82 Å². The molecule has 0 radical (unpaired) electrons. The number of nitrogens with zero attached hydrogens (tertiary/aromatic N) is 2. The Hall–Kier alpha value is -1.69. The van der Waals surface area contributed by atoms with Crippen LogP contribution in [-0.2, 0) is 0 Å². The van der Waals surface area contributed by atoms with Crippen molar-refractivity contribution in [2.75, 3.05) is 18.5 Å². The number of nitrogens with one attached hydrogen (secondary N) is 1. The van der Waals surface area contributed by atoms with Gasteiger partial charge in [-0.3, -0.25) is 10.1 Å². The number of hydrogen-bond acceptors (Lipinski definition) is 5. The highest BCUT2D eigenvalue weighted by molar-refractivity contribution is 5.54. The fraction of sp³-hybridized carbons (Fsp3) is 0.375. The first-order valence-corrected chi connectivity index (χ1v) is 4.20. The second-order valence-corrected chi connectivity index (χ2v) is 2.63. The molecule has 0 fully saturated rings. The van der Waals surface area contributed by atoms with Crippen molar-refractivity contribution in [1.82, 2.24) is 4.98 Å². The van der Waals surface area contributed by atoms with Crippen LogP contribution in [0.25, 0.3) is 0 Å². The Bertz CT molecular complexity index is 316. The maximum absolute atomic E-state index is 10.5. The number of pyridine rings is 1. The van der Waals surface area contributed by atoms with Crippen LogP contribution in [-0.4, -0.2) is 28.2 Å². The van der Waals surface area contributed by atoms with E-state index in [1.165, 1.54) is 18.3 Å². The molecule has 14 heavy (non-hydrogen) atoms. The van der Waals surface area contributed by atoms with Crippen LogP contribution in [0.3, 0.4) is 0 Å². The fourth-order valence-electron chi connectivity index (χ4n) is 0.966. The fourth-order valence-corrected chi connectivity index (χ4v) is 0.966. The van der Waals surface area contributed by atoms with Crippen LogP contribution in [0.1, 0.15) is 6.42 Å². The number of nitro groups is 1. The SMILES string of the molecule is O=[N+]([O-])c1cccnc1NCCCO. The summed E-state index contributed by atoms with van der Waals surface area (Å²) in [6.07, 6.45) is 2.02. The third kappa shape index (κ3) is 2.67. The Morgan fingerprint density at radius 3 is 3.07 bits per heavy atom. The minimum Gasteiger partial charge on any atom is -0.396 e. The van der Waals surface area contributed by atoms with Gasteiger partial charge in [0, 0.05) is 25.4 Å². The molecule has 0 saturated carbocycles. The van der Waals surface area contributed by atoms with Gasteiger partial charge in [-0.25, -0.2) is 4.98 Å². The molecule has 1 heterocycles. The van der Waals surface area contributed by atoms with Gasteiger partial charge in [-0.05, 0) is 12.5 Å². The van der Waals surface area contributed by atoms with E-state index < -0.39 is 4.92 Å². The van der Waals surface area contributed by atoms with Crippen molar-refractivity contribution in [2.45, 2.75) is 6.42 Å². The molecule has 0 aliphatic heterocycles. The lowest BCUT2D eigenvalue weighted by atomic mass is 10.3. The topological polar surface area (TPSA) is 88.3 Å². The molecule has 0 aliphatic rings. The second kappa shape index (κ2) is 5.13. The molecule has 0 saturated heterocycles. The molecule has 0 spiro atoms. The number of rotatable bonds is 5. The highest BCUT2D eigenvalue weighted by atomic mass is 16.6. The lowest BCUT2D eigenvalue weighted by Crippen LogP contribution is -2.07. The minimum absolute atomic E-state index is 0.0492. The van der Waals surface area contributed by atoms with Crippen LogP contribution in [0.4, 0.5) is 11.5 Å².